The second-order valence-electron chi connectivity index (χ2n) is 7.84. The predicted molar refractivity (Wildman–Crippen MR) is 135 cm³/mol. The molecule has 5 rings (SSSR count). The number of hydrogen-bond acceptors (Lipinski definition) is 7. The molecule has 0 aliphatic heterocycles. The Morgan fingerprint density at radius 1 is 1.09 bits per heavy atom. The number of carbonyl (C=O) groups excluding carboxylic acids is 1. The van der Waals surface area contributed by atoms with Crippen LogP contribution in [0.5, 0.6) is 0 Å². The zero-order valence-corrected chi connectivity index (χ0v) is 19.4. The Morgan fingerprint density at radius 3 is 2.44 bits per heavy atom. The number of nitrogens with zero attached hydrogens (tertiary/aromatic N) is 4. The van der Waals surface area contributed by atoms with Gasteiger partial charge in [0.25, 0.3) is 0 Å². The highest BCUT2D eigenvalue weighted by Crippen LogP contribution is 2.46. The number of thiophene rings is 1. The van der Waals surface area contributed by atoms with Crippen LogP contribution in [0.4, 0.5) is 16.4 Å². The number of nitrogens with two attached hydrogens (primary N) is 1. The zero-order chi connectivity index (χ0) is 23.8. The molecule has 0 saturated carbocycles. The lowest BCUT2D eigenvalue weighted by Crippen LogP contribution is -2.02. The van der Waals surface area contributed by atoms with Gasteiger partial charge in [-0.3, -0.25) is 4.79 Å². The molecule has 0 saturated heterocycles. The molecule has 0 aliphatic rings. The quantitative estimate of drug-likeness (QED) is 0.332. The van der Waals surface area contributed by atoms with Gasteiger partial charge in [0.1, 0.15) is 27.2 Å². The number of nitrogens with one attached hydrogen (secondary N) is 1. The number of aryl methyl sites for hydroxylation is 2. The van der Waals surface area contributed by atoms with E-state index in [9.17, 15) is 10.1 Å². The number of nitriles is 1. The van der Waals surface area contributed by atoms with E-state index in [-0.39, 0.29) is 11.5 Å². The van der Waals surface area contributed by atoms with E-state index in [1.54, 1.807) is 16.6 Å². The van der Waals surface area contributed by atoms with Crippen molar-refractivity contribution in [1.29, 1.82) is 5.26 Å². The number of carbonyl (C=O) groups is 1. The number of benzene rings is 2. The van der Waals surface area contributed by atoms with Crippen LogP contribution in [0.1, 0.15) is 32.2 Å². The molecule has 0 bridgehead atoms. The molecule has 0 atom stereocenters. The largest absolute Gasteiger partial charge is 0.397 e. The Bertz CT molecular complexity index is 1580. The average molecular weight is 465 g/mol. The Labute approximate surface area is 200 Å². The van der Waals surface area contributed by atoms with E-state index in [1.165, 1.54) is 11.3 Å². The molecule has 5 aromatic rings. The summed E-state index contributed by atoms with van der Waals surface area (Å²) >= 11 is 1.25. The summed E-state index contributed by atoms with van der Waals surface area (Å²) < 4.78 is 1.64. The third-order valence-electron chi connectivity index (χ3n) is 5.46. The molecular formula is C26H20N6OS. The van der Waals surface area contributed by atoms with Gasteiger partial charge in [-0.15, -0.1) is 11.3 Å². The minimum absolute atomic E-state index is 0.183. The van der Waals surface area contributed by atoms with E-state index < -0.39 is 0 Å². The fourth-order valence-corrected chi connectivity index (χ4v) is 5.01. The van der Waals surface area contributed by atoms with Gasteiger partial charge in [-0.05, 0) is 32.0 Å². The van der Waals surface area contributed by atoms with Gasteiger partial charge >= 0.3 is 0 Å². The van der Waals surface area contributed by atoms with Gasteiger partial charge in [0.05, 0.1) is 11.3 Å². The van der Waals surface area contributed by atoms with E-state index in [2.05, 4.69) is 16.4 Å². The van der Waals surface area contributed by atoms with Crippen LogP contribution in [-0.4, -0.2) is 20.4 Å². The molecule has 7 nitrogen and oxygen atoms in total. The van der Waals surface area contributed by atoms with Crippen molar-refractivity contribution in [3.05, 3.63) is 94.1 Å². The number of rotatable bonds is 5. The summed E-state index contributed by atoms with van der Waals surface area (Å²) in [5, 5.41) is 18.8. The molecule has 3 heterocycles. The number of anilines is 3. The van der Waals surface area contributed by atoms with Crippen molar-refractivity contribution in [3.8, 4) is 17.3 Å². The average Bonchev–Trinajstić information content (AvgIpc) is 3.36. The summed E-state index contributed by atoms with van der Waals surface area (Å²) in [5.74, 6) is -0.183. The molecule has 166 valence electrons. The standard InChI is InChI=1S/C26H20N6OS/c1-15-13-16(2)32-25(29-15)19(14-27)22(31-32)20-21(28)24(23(33)17-9-5-3-6-10-17)34-26(20)30-18-11-7-4-8-12-18/h3-13,30H,28H2,1-2H3. The van der Waals surface area contributed by atoms with E-state index in [1.807, 2.05) is 68.4 Å². The van der Waals surface area contributed by atoms with Crippen molar-refractivity contribution >= 4 is 39.1 Å². The molecule has 3 N–H and O–H groups in total. The molecule has 0 radical (unpaired) electrons. The van der Waals surface area contributed by atoms with Crippen molar-refractivity contribution in [2.24, 2.45) is 0 Å². The number of hydrogen-bond donors (Lipinski definition) is 2. The van der Waals surface area contributed by atoms with E-state index in [4.69, 9.17) is 10.8 Å². The van der Waals surface area contributed by atoms with Gasteiger partial charge in [-0.1, -0.05) is 48.5 Å². The lowest BCUT2D eigenvalue weighted by molar-refractivity contribution is 0.104. The SMILES string of the molecule is Cc1cc(C)n2nc(-c3c(Nc4ccccc4)sc(C(=O)c4ccccc4)c3N)c(C#N)c2n1. The van der Waals surface area contributed by atoms with Crippen molar-refractivity contribution in [3.63, 3.8) is 0 Å². The van der Waals surface area contributed by atoms with Gasteiger partial charge in [-0.25, -0.2) is 9.50 Å². The summed E-state index contributed by atoms with van der Waals surface area (Å²) in [6.45, 7) is 3.78. The first kappa shape index (κ1) is 21.4. The maximum Gasteiger partial charge on any atom is 0.205 e. The summed E-state index contributed by atoms with van der Waals surface area (Å²) in [5.41, 5.74) is 11.6. The number of ketones is 1. The fourth-order valence-electron chi connectivity index (χ4n) is 3.91. The minimum Gasteiger partial charge on any atom is -0.397 e. The first-order chi connectivity index (χ1) is 16.5. The van der Waals surface area contributed by atoms with Crippen LogP contribution >= 0.6 is 11.3 Å². The van der Waals surface area contributed by atoms with Gasteiger partial charge in [0.2, 0.25) is 5.78 Å². The van der Waals surface area contributed by atoms with Crippen LogP contribution in [0.25, 0.3) is 16.9 Å². The van der Waals surface area contributed by atoms with Crippen LogP contribution in [0.2, 0.25) is 0 Å². The van der Waals surface area contributed by atoms with Crippen molar-refractivity contribution in [2.45, 2.75) is 13.8 Å². The van der Waals surface area contributed by atoms with Gasteiger partial charge in [0.15, 0.2) is 5.65 Å². The second kappa shape index (κ2) is 8.46. The zero-order valence-electron chi connectivity index (χ0n) is 18.5. The van der Waals surface area contributed by atoms with Crippen LogP contribution in [0.3, 0.4) is 0 Å². The first-order valence-electron chi connectivity index (χ1n) is 10.6. The lowest BCUT2D eigenvalue weighted by atomic mass is 10.0. The minimum atomic E-state index is -0.183. The highest BCUT2D eigenvalue weighted by atomic mass is 32.1. The van der Waals surface area contributed by atoms with Crippen LogP contribution in [0, 0.1) is 25.2 Å². The van der Waals surface area contributed by atoms with Crippen LogP contribution < -0.4 is 11.1 Å². The molecule has 34 heavy (non-hydrogen) atoms. The molecule has 0 aliphatic carbocycles. The van der Waals surface area contributed by atoms with Crippen molar-refractivity contribution < 1.29 is 4.79 Å². The molecule has 8 heteroatoms. The molecule has 0 unspecified atom stereocenters. The molecule has 0 amide bonds. The maximum absolute atomic E-state index is 13.3. The summed E-state index contributed by atoms with van der Waals surface area (Å²) in [4.78, 5) is 18.3. The van der Waals surface area contributed by atoms with E-state index in [0.717, 1.165) is 17.1 Å². The number of nitrogen functional groups attached to an aromatic ring is 1. The number of fused-ring (bicyclic) bond motifs is 1. The Balaban J connectivity index is 1.76. The smallest absolute Gasteiger partial charge is 0.205 e. The summed E-state index contributed by atoms with van der Waals surface area (Å²) in [6, 6.07) is 22.7. The highest BCUT2D eigenvalue weighted by molar-refractivity contribution is 7.19. The second-order valence-corrected chi connectivity index (χ2v) is 8.87. The van der Waals surface area contributed by atoms with E-state index >= 15 is 0 Å². The lowest BCUT2D eigenvalue weighted by Gasteiger charge is -2.06. The van der Waals surface area contributed by atoms with Crippen LogP contribution in [-0.2, 0) is 0 Å². The molecule has 0 spiro atoms. The third-order valence-corrected chi connectivity index (χ3v) is 6.58. The van der Waals surface area contributed by atoms with Gasteiger partial charge in [-0.2, -0.15) is 10.4 Å². The topological polar surface area (TPSA) is 109 Å². The monoisotopic (exact) mass is 464 g/mol. The number of para-hydroxylation sites is 1. The summed E-state index contributed by atoms with van der Waals surface area (Å²) in [6.07, 6.45) is 0. The van der Waals surface area contributed by atoms with Gasteiger partial charge < -0.3 is 11.1 Å². The highest BCUT2D eigenvalue weighted by Gasteiger charge is 2.28. The first-order valence-corrected chi connectivity index (χ1v) is 11.4. The maximum atomic E-state index is 13.3. The molecule has 0 fully saturated rings. The Kier molecular flexibility index (Phi) is 5.32. The molecule has 2 aromatic carbocycles. The third kappa shape index (κ3) is 3.58. The number of aromatic nitrogens is 3. The molecule has 3 aromatic heterocycles. The normalized spacial score (nSPS) is 10.9. The predicted octanol–water partition coefficient (Wildman–Crippen LogP) is 5.50. The molecular weight excluding hydrogens is 444 g/mol. The van der Waals surface area contributed by atoms with E-state index in [0.29, 0.717) is 37.9 Å². The van der Waals surface area contributed by atoms with Crippen molar-refractivity contribution in [2.75, 3.05) is 11.1 Å². The van der Waals surface area contributed by atoms with Crippen LogP contribution in [0.15, 0.2) is 66.7 Å². The Morgan fingerprint density at radius 2 is 1.76 bits per heavy atom. The van der Waals surface area contributed by atoms with Crippen molar-refractivity contribution in [1.82, 2.24) is 14.6 Å². The Hall–Kier alpha value is -4.48. The summed E-state index contributed by atoms with van der Waals surface area (Å²) in [7, 11) is 0. The van der Waals surface area contributed by atoms with Gasteiger partial charge in [0, 0.05) is 22.6 Å². The fraction of sp³-hybridized carbons (Fsp3) is 0.0769.